The van der Waals surface area contributed by atoms with Gasteiger partial charge in [0.2, 0.25) is 6.39 Å². The predicted octanol–water partition coefficient (Wildman–Crippen LogP) is 1.73. The number of nitrogens with one attached hydrogen (secondary N) is 1. The number of nitrogens with zero attached hydrogens (tertiary/aromatic N) is 3. The van der Waals surface area contributed by atoms with Gasteiger partial charge in [0.25, 0.3) is 0 Å². The minimum absolute atomic E-state index is 0.472. The average molecular weight is 211 g/mol. The van der Waals surface area contributed by atoms with Gasteiger partial charge in [-0.05, 0) is 6.07 Å². The summed E-state index contributed by atoms with van der Waals surface area (Å²) in [5, 5.41) is 7.28. The van der Waals surface area contributed by atoms with E-state index in [0.717, 1.165) is 5.69 Å². The molecule has 0 unspecified atom stereocenters. The molecule has 0 amide bonds. The van der Waals surface area contributed by atoms with Crippen LogP contribution in [0, 0.1) is 0 Å². The van der Waals surface area contributed by atoms with Crippen LogP contribution in [0.15, 0.2) is 29.4 Å². The summed E-state index contributed by atoms with van der Waals surface area (Å²) < 4.78 is 4.59. The van der Waals surface area contributed by atoms with Crippen LogP contribution in [0.1, 0.15) is 5.82 Å². The van der Waals surface area contributed by atoms with Gasteiger partial charge in [-0.2, -0.15) is 4.98 Å². The van der Waals surface area contributed by atoms with Crippen LogP contribution in [-0.4, -0.2) is 15.1 Å². The smallest absolute Gasteiger partial charge is 0.213 e. The highest BCUT2D eigenvalue weighted by Crippen LogP contribution is 2.19. The van der Waals surface area contributed by atoms with Crippen LogP contribution in [0.25, 0.3) is 0 Å². The molecule has 5 nitrogen and oxygen atoms in total. The van der Waals surface area contributed by atoms with E-state index in [1.807, 2.05) is 0 Å². The average Bonchev–Trinajstić information content (AvgIpc) is 2.69. The highest BCUT2D eigenvalue weighted by molar-refractivity contribution is 6.33. The van der Waals surface area contributed by atoms with E-state index in [-0.39, 0.29) is 0 Å². The third-order valence-electron chi connectivity index (χ3n) is 1.62. The van der Waals surface area contributed by atoms with Crippen molar-refractivity contribution in [1.82, 2.24) is 15.1 Å². The lowest BCUT2D eigenvalue weighted by atomic mass is 10.4. The van der Waals surface area contributed by atoms with Crippen molar-refractivity contribution in [2.24, 2.45) is 0 Å². The Hall–Kier alpha value is -1.62. The van der Waals surface area contributed by atoms with Gasteiger partial charge in [-0.15, -0.1) is 0 Å². The Balaban J connectivity index is 2.02. The van der Waals surface area contributed by atoms with E-state index in [1.165, 1.54) is 6.39 Å². The molecule has 0 aliphatic heterocycles. The second kappa shape index (κ2) is 4.06. The van der Waals surface area contributed by atoms with Crippen LogP contribution in [0.3, 0.4) is 0 Å². The maximum absolute atomic E-state index is 5.88. The second-order valence-electron chi connectivity index (χ2n) is 2.56. The molecule has 2 aromatic rings. The lowest BCUT2D eigenvalue weighted by Gasteiger charge is -2.03. The maximum atomic E-state index is 5.88. The lowest BCUT2D eigenvalue weighted by molar-refractivity contribution is 0.411. The van der Waals surface area contributed by atoms with Crippen molar-refractivity contribution in [3.8, 4) is 0 Å². The van der Waals surface area contributed by atoms with Gasteiger partial charge in [-0.1, -0.05) is 16.8 Å². The quantitative estimate of drug-likeness (QED) is 0.836. The molecule has 0 saturated carbocycles. The second-order valence-corrected chi connectivity index (χ2v) is 2.96. The van der Waals surface area contributed by atoms with Crippen molar-refractivity contribution in [2.45, 2.75) is 6.54 Å². The summed E-state index contributed by atoms with van der Waals surface area (Å²) in [6, 6.07) is 1.78. The van der Waals surface area contributed by atoms with Crippen molar-refractivity contribution in [3.63, 3.8) is 0 Å². The third kappa shape index (κ3) is 2.00. The molecule has 0 atom stereocenters. The zero-order valence-corrected chi connectivity index (χ0v) is 7.90. The summed E-state index contributed by atoms with van der Waals surface area (Å²) in [5.41, 5.74) is 0.798. The van der Waals surface area contributed by atoms with Gasteiger partial charge in [0.05, 0.1) is 17.3 Å². The van der Waals surface area contributed by atoms with Crippen LogP contribution >= 0.6 is 11.6 Å². The zero-order valence-electron chi connectivity index (χ0n) is 7.14. The fourth-order valence-electron chi connectivity index (χ4n) is 0.963. The van der Waals surface area contributed by atoms with Gasteiger partial charge >= 0.3 is 0 Å². The van der Waals surface area contributed by atoms with E-state index in [0.29, 0.717) is 17.4 Å². The van der Waals surface area contributed by atoms with Gasteiger partial charge < -0.3 is 9.84 Å². The first-order chi connectivity index (χ1) is 6.86. The molecule has 2 rings (SSSR count). The number of halogens is 1. The summed E-state index contributed by atoms with van der Waals surface area (Å²) in [4.78, 5) is 7.73. The topological polar surface area (TPSA) is 63.8 Å². The molecule has 2 aromatic heterocycles. The summed E-state index contributed by atoms with van der Waals surface area (Å²) in [7, 11) is 0. The number of rotatable bonds is 3. The predicted molar refractivity (Wildman–Crippen MR) is 50.9 cm³/mol. The molecule has 2 heterocycles. The van der Waals surface area contributed by atoms with E-state index < -0.39 is 0 Å². The fourth-order valence-corrected chi connectivity index (χ4v) is 1.15. The standard InChI is InChI=1S/C8H7ClN4O/c9-6-3-10-2-1-7(6)11-4-8-12-5-14-13-8/h1-3,5H,4H2,(H,10,11). The number of aromatic nitrogens is 3. The lowest BCUT2D eigenvalue weighted by Crippen LogP contribution is -2.01. The van der Waals surface area contributed by atoms with E-state index >= 15 is 0 Å². The van der Waals surface area contributed by atoms with Gasteiger partial charge in [0.1, 0.15) is 0 Å². The van der Waals surface area contributed by atoms with Gasteiger partial charge in [-0.3, -0.25) is 4.98 Å². The van der Waals surface area contributed by atoms with Gasteiger partial charge in [0.15, 0.2) is 5.82 Å². The highest BCUT2D eigenvalue weighted by Gasteiger charge is 2.01. The van der Waals surface area contributed by atoms with E-state index in [9.17, 15) is 0 Å². The third-order valence-corrected chi connectivity index (χ3v) is 1.92. The van der Waals surface area contributed by atoms with Crippen LogP contribution in [-0.2, 0) is 6.54 Å². The summed E-state index contributed by atoms with van der Waals surface area (Å²) >= 11 is 5.88. The number of hydrogen-bond donors (Lipinski definition) is 1. The van der Waals surface area contributed by atoms with Crippen molar-refractivity contribution in [1.29, 1.82) is 0 Å². The molecule has 1 N–H and O–H groups in total. The Bertz CT molecular complexity index is 403. The van der Waals surface area contributed by atoms with Crippen molar-refractivity contribution >= 4 is 17.3 Å². The molecule has 0 fully saturated rings. The van der Waals surface area contributed by atoms with Gasteiger partial charge in [-0.25, -0.2) is 0 Å². The molecule has 14 heavy (non-hydrogen) atoms. The van der Waals surface area contributed by atoms with Crippen molar-refractivity contribution in [2.75, 3.05) is 5.32 Å². The van der Waals surface area contributed by atoms with Crippen LogP contribution < -0.4 is 5.32 Å². The van der Waals surface area contributed by atoms with Crippen LogP contribution in [0.5, 0.6) is 0 Å². The van der Waals surface area contributed by atoms with Crippen molar-refractivity contribution < 1.29 is 4.52 Å². The molecule has 0 bridgehead atoms. The summed E-state index contributed by atoms with van der Waals surface area (Å²) in [6.45, 7) is 0.472. The molecule has 0 aromatic carbocycles. The molecule has 0 saturated heterocycles. The first kappa shape index (κ1) is 8.96. The van der Waals surface area contributed by atoms with E-state index in [4.69, 9.17) is 11.6 Å². The van der Waals surface area contributed by atoms with E-state index in [1.54, 1.807) is 18.5 Å². The molecule has 0 aliphatic carbocycles. The Labute approximate surface area is 85.1 Å². The number of pyridine rings is 1. The largest absolute Gasteiger partial charge is 0.376 e. The monoisotopic (exact) mass is 210 g/mol. The summed E-state index contributed by atoms with van der Waals surface area (Å²) in [5.74, 6) is 0.581. The molecular weight excluding hydrogens is 204 g/mol. The molecule has 0 radical (unpaired) electrons. The number of hydrogen-bond acceptors (Lipinski definition) is 5. The molecule has 0 spiro atoms. The summed E-state index contributed by atoms with van der Waals surface area (Å²) in [6.07, 6.45) is 4.51. The Kier molecular flexibility index (Phi) is 2.60. The van der Waals surface area contributed by atoms with E-state index in [2.05, 4.69) is 25.0 Å². The fraction of sp³-hybridized carbons (Fsp3) is 0.125. The number of anilines is 1. The van der Waals surface area contributed by atoms with Gasteiger partial charge in [0, 0.05) is 12.4 Å². The van der Waals surface area contributed by atoms with Crippen LogP contribution in [0.4, 0.5) is 5.69 Å². The highest BCUT2D eigenvalue weighted by atomic mass is 35.5. The Morgan fingerprint density at radius 1 is 1.50 bits per heavy atom. The molecule has 0 aliphatic rings. The SMILES string of the molecule is Clc1cnccc1NCc1ncon1. The van der Waals surface area contributed by atoms with Crippen LogP contribution in [0.2, 0.25) is 5.02 Å². The minimum Gasteiger partial charge on any atom is -0.376 e. The van der Waals surface area contributed by atoms with Crippen molar-refractivity contribution in [3.05, 3.63) is 35.7 Å². The maximum Gasteiger partial charge on any atom is 0.213 e. The normalized spacial score (nSPS) is 10.1. The zero-order chi connectivity index (χ0) is 9.80. The first-order valence-corrected chi connectivity index (χ1v) is 4.32. The molecular formula is C8H7ClN4O. The molecule has 6 heteroatoms. The Morgan fingerprint density at radius 3 is 3.14 bits per heavy atom. The first-order valence-electron chi connectivity index (χ1n) is 3.95. The molecule has 72 valence electrons. The minimum atomic E-state index is 0.472. The Morgan fingerprint density at radius 2 is 2.43 bits per heavy atom.